The minimum absolute atomic E-state index is 0.0435. The first-order valence-corrected chi connectivity index (χ1v) is 7.45. The second-order valence-corrected chi connectivity index (χ2v) is 5.54. The van der Waals surface area contributed by atoms with Crippen molar-refractivity contribution in [1.29, 1.82) is 0 Å². The highest BCUT2D eigenvalue weighted by atomic mass is 16.6. The summed E-state index contributed by atoms with van der Waals surface area (Å²) in [5, 5.41) is 2.88. The van der Waals surface area contributed by atoms with Crippen molar-refractivity contribution < 1.29 is 23.7 Å². The summed E-state index contributed by atoms with van der Waals surface area (Å²) in [5.74, 6) is -0.158. The van der Waals surface area contributed by atoms with Crippen LogP contribution in [0.1, 0.15) is 5.56 Å². The Hall–Kier alpha value is -1.47. The van der Waals surface area contributed by atoms with Crippen molar-refractivity contribution in [3.05, 3.63) is 35.9 Å². The maximum absolute atomic E-state index is 11.6. The van der Waals surface area contributed by atoms with Gasteiger partial charge in [0.2, 0.25) is 5.91 Å². The van der Waals surface area contributed by atoms with Gasteiger partial charge in [0.15, 0.2) is 0 Å². The van der Waals surface area contributed by atoms with Crippen LogP contribution in [0.25, 0.3) is 0 Å². The fourth-order valence-corrected chi connectivity index (χ4v) is 2.89. The molecule has 0 aromatic heterocycles. The molecule has 1 N–H and O–H groups in total. The molecule has 120 valence electrons. The van der Waals surface area contributed by atoms with E-state index >= 15 is 0 Å². The lowest BCUT2D eigenvalue weighted by molar-refractivity contribution is -0.126. The van der Waals surface area contributed by atoms with Crippen molar-refractivity contribution in [2.24, 2.45) is 0 Å². The van der Waals surface area contributed by atoms with Gasteiger partial charge in [-0.15, -0.1) is 0 Å². The molecule has 0 spiro atoms. The number of ether oxygens (including phenoxy) is 4. The third-order valence-electron chi connectivity index (χ3n) is 3.94. The van der Waals surface area contributed by atoms with E-state index in [1.54, 1.807) is 0 Å². The Bertz CT molecular complexity index is 495. The summed E-state index contributed by atoms with van der Waals surface area (Å²) in [5.41, 5.74) is 1.12. The van der Waals surface area contributed by atoms with Gasteiger partial charge in [-0.1, -0.05) is 30.3 Å². The molecule has 1 amide bonds. The van der Waals surface area contributed by atoms with E-state index in [-0.39, 0.29) is 36.9 Å². The fourth-order valence-electron chi connectivity index (χ4n) is 2.89. The average molecular weight is 307 g/mol. The summed E-state index contributed by atoms with van der Waals surface area (Å²) >= 11 is 0. The molecule has 6 nitrogen and oxygen atoms in total. The number of carbonyl (C=O) groups excluding carboxylic acids is 1. The van der Waals surface area contributed by atoms with E-state index in [0.29, 0.717) is 19.8 Å². The van der Waals surface area contributed by atoms with Crippen LogP contribution in [0, 0.1) is 0 Å². The van der Waals surface area contributed by atoms with Crippen molar-refractivity contribution in [2.45, 2.75) is 31.0 Å². The van der Waals surface area contributed by atoms with Crippen LogP contribution in [0.15, 0.2) is 30.3 Å². The number of amides is 1. The topological polar surface area (TPSA) is 66.0 Å². The Morgan fingerprint density at radius 3 is 2.77 bits per heavy atom. The Labute approximate surface area is 129 Å². The van der Waals surface area contributed by atoms with Crippen LogP contribution < -0.4 is 5.32 Å². The van der Waals surface area contributed by atoms with E-state index in [9.17, 15) is 4.79 Å². The summed E-state index contributed by atoms with van der Waals surface area (Å²) in [6.07, 6.45) is -0.382. The van der Waals surface area contributed by atoms with Crippen LogP contribution >= 0.6 is 0 Å². The second kappa shape index (κ2) is 7.19. The lowest BCUT2D eigenvalue weighted by atomic mass is 10.1. The number of rotatable bonds is 6. The molecule has 4 atom stereocenters. The number of benzene rings is 1. The lowest BCUT2D eigenvalue weighted by Crippen LogP contribution is -2.45. The van der Waals surface area contributed by atoms with E-state index in [4.69, 9.17) is 18.9 Å². The molecular weight excluding hydrogens is 286 g/mol. The first-order chi connectivity index (χ1) is 10.8. The van der Waals surface area contributed by atoms with E-state index < -0.39 is 0 Å². The predicted molar refractivity (Wildman–Crippen MR) is 78.3 cm³/mol. The summed E-state index contributed by atoms with van der Waals surface area (Å²) in [4.78, 5) is 11.6. The zero-order valence-corrected chi connectivity index (χ0v) is 12.6. The first kappa shape index (κ1) is 15.4. The van der Waals surface area contributed by atoms with Crippen LogP contribution in [0.2, 0.25) is 0 Å². The number of hydrogen-bond acceptors (Lipinski definition) is 5. The highest BCUT2D eigenvalue weighted by Crippen LogP contribution is 2.29. The summed E-state index contributed by atoms with van der Waals surface area (Å²) in [6, 6.07) is 9.86. The number of methoxy groups -OCH3 is 1. The van der Waals surface area contributed by atoms with Crippen molar-refractivity contribution in [3.63, 3.8) is 0 Å². The van der Waals surface area contributed by atoms with Gasteiger partial charge in [-0.2, -0.15) is 0 Å². The molecule has 2 fully saturated rings. The Morgan fingerprint density at radius 2 is 2.00 bits per heavy atom. The van der Waals surface area contributed by atoms with Crippen LogP contribution in [0.5, 0.6) is 0 Å². The summed E-state index contributed by atoms with van der Waals surface area (Å²) in [6.45, 7) is 1.50. The van der Waals surface area contributed by atoms with Gasteiger partial charge in [-0.25, -0.2) is 0 Å². The van der Waals surface area contributed by atoms with Gasteiger partial charge in [0, 0.05) is 7.11 Å². The lowest BCUT2D eigenvalue weighted by Gasteiger charge is -2.18. The zero-order chi connectivity index (χ0) is 15.4. The molecule has 2 saturated heterocycles. The van der Waals surface area contributed by atoms with Gasteiger partial charge >= 0.3 is 0 Å². The SMILES string of the molecule is COCC(=O)NC1COC2C(OCc3ccccc3)COC12. The Morgan fingerprint density at radius 1 is 1.23 bits per heavy atom. The number of nitrogens with one attached hydrogen (secondary N) is 1. The molecule has 22 heavy (non-hydrogen) atoms. The van der Waals surface area contributed by atoms with Crippen molar-refractivity contribution >= 4 is 5.91 Å². The molecule has 3 rings (SSSR count). The molecule has 1 aromatic rings. The van der Waals surface area contributed by atoms with Gasteiger partial charge in [-0.3, -0.25) is 4.79 Å². The van der Waals surface area contributed by atoms with E-state index in [1.165, 1.54) is 7.11 Å². The maximum atomic E-state index is 11.6. The number of fused-ring (bicyclic) bond motifs is 1. The first-order valence-electron chi connectivity index (χ1n) is 7.45. The van der Waals surface area contributed by atoms with Crippen molar-refractivity contribution in [1.82, 2.24) is 5.32 Å². The van der Waals surface area contributed by atoms with Crippen LogP contribution in [0.4, 0.5) is 0 Å². The van der Waals surface area contributed by atoms with Gasteiger partial charge in [0.1, 0.15) is 24.9 Å². The smallest absolute Gasteiger partial charge is 0.246 e. The number of hydrogen-bond donors (Lipinski definition) is 1. The Balaban J connectivity index is 1.50. The number of carbonyl (C=O) groups is 1. The monoisotopic (exact) mass is 307 g/mol. The highest BCUT2D eigenvalue weighted by molar-refractivity contribution is 5.77. The molecule has 0 saturated carbocycles. The van der Waals surface area contributed by atoms with E-state index in [1.807, 2.05) is 30.3 Å². The Kier molecular flexibility index (Phi) is 5.04. The molecule has 0 radical (unpaired) electrons. The molecule has 0 bridgehead atoms. The maximum Gasteiger partial charge on any atom is 0.246 e. The quantitative estimate of drug-likeness (QED) is 0.829. The van der Waals surface area contributed by atoms with E-state index in [0.717, 1.165) is 5.56 Å². The standard InChI is InChI=1S/C16H21NO5/c1-19-10-14(18)17-12-8-21-16-13(9-22-15(12)16)20-7-11-5-3-2-4-6-11/h2-6,12-13,15-16H,7-10H2,1H3,(H,17,18). The summed E-state index contributed by atoms with van der Waals surface area (Å²) < 4.78 is 22.3. The van der Waals surface area contributed by atoms with E-state index in [2.05, 4.69) is 5.32 Å². The predicted octanol–water partition coefficient (Wildman–Crippen LogP) is 0.501. The normalized spacial score (nSPS) is 30.2. The molecule has 4 unspecified atom stereocenters. The minimum Gasteiger partial charge on any atom is -0.375 e. The third kappa shape index (κ3) is 3.47. The fraction of sp³-hybridized carbons (Fsp3) is 0.562. The molecule has 6 heteroatoms. The molecule has 0 aliphatic carbocycles. The second-order valence-electron chi connectivity index (χ2n) is 5.54. The zero-order valence-electron chi connectivity index (χ0n) is 12.6. The van der Waals surface area contributed by atoms with Crippen molar-refractivity contribution in [2.75, 3.05) is 26.9 Å². The molecule has 2 heterocycles. The van der Waals surface area contributed by atoms with Crippen LogP contribution in [-0.2, 0) is 30.3 Å². The molecule has 2 aliphatic heterocycles. The largest absolute Gasteiger partial charge is 0.375 e. The van der Waals surface area contributed by atoms with Gasteiger partial charge < -0.3 is 24.3 Å². The van der Waals surface area contributed by atoms with Gasteiger partial charge in [-0.05, 0) is 5.56 Å². The van der Waals surface area contributed by atoms with Gasteiger partial charge in [0.25, 0.3) is 0 Å². The highest BCUT2D eigenvalue weighted by Gasteiger charge is 2.48. The molecule has 2 aliphatic rings. The van der Waals surface area contributed by atoms with Crippen LogP contribution in [-0.4, -0.2) is 57.2 Å². The van der Waals surface area contributed by atoms with Crippen LogP contribution in [0.3, 0.4) is 0 Å². The van der Waals surface area contributed by atoms with Gasteiger partial charge in [0.05, 0.1) is 25.9 Å². The van der Waals surface area contributed by atoms with Crippen molar-refractivity contribution in [3.8, 4) is 0 Å². The minimum atomic E-state index is -0.158. The molecular formula is C16H21NO5. The summed E-state index contributed by atoms with van der Waals surface area (Å²) in [7, 11) is 1.49. The third-order valence-corrected chi connectivity index (χ3v) is 3.94. The average Bonchev–Trinajstić information content (AvgIpc) is 3.10. The molecule has 1 aromatic carbocycles.